The van der Waals surface area contributed by atoms with Gasteiger partial charge in [0, 0.05) is 6.42 Å². The lowest BCUT2D eigenvalue weighted by Gasteiger charge is -2.24. The molecule has 0 bridgehead atoms. The van der Waals surface area contributed by atoms with E-state index in [2.05, 4.69) is 74.7 Å². The van der Waals surface area contributed by atoms with Gasteiger partial charge in [0.25, 0.3) is 0 Å². The van der Waals surface area contributed by atoms with E-state index in [4.69, 9.17) is 4.74 Å². The highest BCUT2D eigenvalue weighted by Crippen LogP contribution is 2.17. The Bertz CT molecular complexity index is 1050. The predicted molar refractivity (Wildman–Crippen MR) is 264 cm³/mol. The Morgan fingerprint density at radius 3 is 1.39 bits per heavy atom. The normalized spacial score (nSPS) is 13.6. The van der Waals surface area contributed by atoms with Gasteiger partial charge >= 0.3 is 5.97 Å². The molecule has 0 aromatic heterocycles. The fraction of sp³-hybridized carbons (Fsp3) is 0.818. The van der Waals surface area contributed by atoms with Crippen molar-refractivity contribution in [1.29, 1.82) is 0 Å². The molecule has 0 saturated carbocycles. The molecule has 0 aliphatic carbocycles. The number of amides is 1. The molecular weight excluding hydrogens is 755 g/mol. The van der Waals surface area contributed by atoms with Gasteiger partial charge in [-0.15, -0.1) is 0 Å². The second kappa shape index (κ2) is 48.8. The van der Waals surface area contributed by atoms with Crippen molar-refractivity contribution in [2.45, 2.75) is 283 Å². The average Bonchev–Trinajstić information content (AvgIpc) is 3.25. The second-order valence-electron chi connectivity index (χ2n) is 17.9. The van der Waals surface area contributed by atoms with Crippen molar-refractivity contribution >= 4 is 11.9 Å². The van der Waals surface area contributed by atoms with E-state index in [0.717, 1.165) is 83.5 Å². The van der Waals surface area contributed by atoms with Crippen molar-refractivity contribution in [1.82, 2.24) is 5.32 Å². The summed E-state index contributed by atoms with van der Waals surface area (Å²) < 4.78 is 5.91. The molecule has 0 aliphatic heterocycles. The molecule has 6 heteroatoms. The third-order valence-corrected chi connectivity index (χ3v) is 11.9. The molecule has 1 amide bonds. The molecule has 6 nitrogen and oxygen atoms in total. The zero-order valence-electron chi connectivity index (χ0n) is 40.5. The van der Waals surface area contributed by atoms with Gasteiger partial charge in [0.1, 0.15) is 6.10 Å². The van der Waals surface area contributed by atoms with Crippen LogP contribution in [0.3, 0.4) is 0 Å². The molecular formula is C55H101NO5. The van der Waals surface area contributed by atoms with Gasteiger partial charge in [-0.3, -0.25) is 9.59 Å². The number of esters is 1. The van der Waals surface area contributed by atoms with Gasteiger partial charge in [-0.25, -0.2) is 0 Å². The maximum absolute atomic E-state index is 13.2. The standard InChI is InChI=1S/C55H101NO5/c1-4-7-10-13-16-19-22-25-27-28-30-33-36-39-42-45-48-55(60)61-51(46-43-40-37-34-31-24-21-18-15-12-9-6-3)49-54(59)56-52(50-57)53(58)47-44-41-38-35-32-29-26-23-20-17-14-11-8-5-2/h7,10,16,19,25,27,34,37,51-53,57-58H,4-6,8-9,11-15,17-18,20-24,26,28-33,35-36,38-50H2,1-3H3,(H,56,59)/b10-7+,19-16+,27-25+,37-34-. The van der Waals surface area contributed by atoms with Crippen LogP contribution in [0.2, 0.25) is 0 Å². The molecule has 3 N–H and O–H groups in total. The molecule has 61 heavy (non-hydrogen) atoms. The van der Waals surface area contributed by atoms with Gasteiger partial charge in [0.15, 0.2) is 0 Å². The van der Waals surface area contributed by atoms with Crippen molar-refractivity contribution in [2.75, 3.05) is 6.61 Å². The molecule has 0 aromatic carbocycles. The summed E-state index contributed by atoms with van der Waals surface area (Å²) in [5.74, 6) is -0.512. The Kier molecular flexibility index (Phi) is 47.1. The van der Waals surface area contributed by atoms with E-state index in [1.54, 1.807) is 0 Å². The van der Waals surface area contributed by atoms with Crippen molar-refractivity contribution in [2.24, 2.45) is 0 Å². The van der Waals surface area contributed by atoms with Crippen LogP contribution in [0, 0.1) is 0 Å². The maximum atomic E-state index is 13.2. The summed E-state index contributed by atoms with van der Waals surface area (Å²) in [7, 11) is 0. The van der Waals surface area contributed by atoms with Crippen LogP contribution in [0.5, 0.6) is 0 Å². The van der Waals surface area contributed by atoms with E-state index in [-0.39, 0.29) is 24.9 Å². The number of aliphatic hydroxyl groups is 2. The Labute approximate surface area is 378 Å². The zero-order valence-corrected chi connectivity index (χ0v) is 40.5. The molecule has 356 valence electrons. The quantitative estimate of drug-likeness (QED) is 0.0322. The fourth-order valence-electron chi connectivity index (χ4n) is 7.92. The lowest BCUT2D eigenvalue weighted by molar-refractivity contribution is -0.151. The number of carbonyl (C=O) groups excluding carboxylic acids is 2. The summed E-state index contributed by atoms with van der Waals surface area (Å²) in [6.45, 7) is 6.37. The van der Waals surface area contributed by atoms with Gasteiger partial charge < -0.3 is 20.3 Å². The summed E-state index contributed by atoms with van der Waals surface area (Å²) in [6.07, 6.45) is 58.9. The van der Waals surface area contributed by atoms with E-state index >= 15 is 0 Å². The maximum Gasteiger partial charge on any atom is 0.306 e. The Hall–Kier alpha value is -2.18. The van der Waals surface area contributed by atoms with Gasteiger partial charge in [0.05, 0.1) is 25.2 Å². The van der Waals surface area contributed by atoms with Gasteiger partial charge in [-0.05, 0) is 77.0 Å². The molecule has 0 radical (unpaired) electrons. The van der Waals surface area contributed by atoms with Crippen LogP contribution < -0.4 is 5.32 Å². The summed E-state index contributed by atoms with van der Waals surface area (Å²) in [5, 5.41) is 23.8. The first-order valence-electron chi connectivity index (χ1n) is 26.4. The summed E-state index contributed by atoms with van der Waals surface area (Å²) >= 11 is 0. The zero-order chi connectivity index (χ0) is 44.5. The SMILES string of the molecule is CC/C=C/C/C=C/C/C=C/CCCCCCCCC(=O)OC(CCC/C=C\CCCCCCCCC)CC(=O)NC(CO)C(O)CCCCCCCCCCCCCCCC. The van der Waals surface area contributed by atoms with E-state index in [0.29, 0.717) is 19.3 Å². The van der Waals surface area contributed by atoms with Crippen LogP contribution in [0.25, 0.3) is 0 Å². The largest absolute Gasteiger partial charge is 0.462 e. The Morgan fingerprint density at radius 2 is 0.902 bits per heavy atom. The van der Waals surface area contributed by atoms with Crippen molar-refractivity contribution in [3.63, 3.8) is 0 Å². The first-order valence-corrected chi connectivity index (χ1v) is 26.4. The summed E-state index contributed by atoms with van der Waals surface area (Å²) in [5.41, 5.74) is 0. The van der Waals surface area contributed by atoms with Crippen LogP contribution in [0.15, 0.2) is 48.6 Å². The molecule has 3 unspecified atom stereocenters. The molecule has 0 fully saturated rings. The molecule has 0 heterocycles. The number of ether oxygens (including phenoxy) is 1. The first kappa shape index (κ1) is 58.8. The van der Waals surface area contributed by atoms with E-state index < -0.39 is 18.2 Å². The highest BCUT2D eigenvalue weighted by Gasteiger charge is 2.24. The number of carbonyl (C=O) groups is 2. The van der Waals surface area contributed by atoms with Crippen LogP contribution >= 0.6 is 0 Å². The molecule has 0 saturated heterocycles. The van der Waals surface area contributed by atoms with Crippen molar-refractivity contribution < 1.29 is 24.5 Å². The highest BCUT2D eigenvalue weighted by atomic mass is 16.5. The minimum absolute atomic E-state index is 0.0522. The predicted octanol–water partition coefficient (Wildman–Crippen LogP) is 15.8. The molecule has 0 aliphatic rings. The molecule has 0 aromatic rings. The molecule has 3 atom stereocenters. The second-order valence-corrected chi connectivity index (χ2v) is 17.9. The summed E-state index contributed by atoms with van der Waals surface area (Å²) in [4.78, 5) is 26.1. The molecule has 0 spiro atoms. The minimum Gasteiger partial charge on any atom is -0.462 e. The highest BCUT2D eigenvalue weighted by molar-refractivity contribution is 5.77. The van der Waals surface area contributed by atoms with Crippen LogP contribution in [0.1, 0.15) is 265 Å². The van der Waals surface area contributed by atoms with Gasteiger partial charge in [0.2, 0.25) is 5.91 Å². The third-order valence-electron chi connectivity index (χ3n) is 11.9. The fourth-order valence-corrected chi connectivity index (χ4v) is 7.92. The van der Waals surface area contributed by atoms with Crippen LogP contribution in [0.4, 0.5) is 0 Å². The number of hydrogen-bond acceptors (Lipinski definition) is 5. The summed E-state index contributed by atoms with van der Waals surface area (Å²) in [6, 6.07) is -0.712. The topological polar surface area (TPSA) is 95.9 Å². The first-order chi connectivity index (χ1) is 30.0. The number of aliphatic hydroxyl groups excluding tert-OH is 2. The van der Waals surface area contributed by atoms with Crippen LogP contribution in [-0.2, 0) is 14.3 Å². The molecule has 0 rings (SSSR count). The van der Waals surface area contributed by atoms with Gasteiger partial charge in [-0.1, -0.05) is 223 Å². The number of unbranched alkanes of at least 4 members (excludes halogenated alkanes) is 27. The van der Waals surface area contributed by atoms with E-state index in [1.165, 1.54) is 135 Å². The van der Waals surface area contributed by atoms with Crippen molar-refractivity contribution in [3.8, 4) is 0 Å². The van der Waals surface area contributed by atoms with Crippen molar-refractivity contribution in [3.05, 3.63) is 48.6 Å². The smallest absolute Gasteiger partial charge is 0.306 e. The van der Waals surface area contributed by atoms with E-state index in [1.807, 2.05) is 0 Å². The Morgan fingerprint density at radius 1 is 0.492 bits per heavy atom. The number of allylic oxidation sites excluding steroid dienone is 8. The van der Waals surface area contributed by atoms with Gasteiger partial charge in [-0.2, -0.15) is 0 Å². The monoisotopic (exact) mass is 856 g/mol. The lowest BCUT2D eigenvalue weighted by Crippen LogP contribution is -2.46. The van der Waals surface area contributed by atoms with Crippen LogP contribution in [-0.4, -0.2) is 46.9 Å². The number of hydrogen-bond donors (Lipinski definition) is 3. The third kappa shape index (κ3) is 44.2. The number of rotatable bonds is 47. The average molecular weight is 856 g/mol. The number of nitrogens with one attached hydrogen (secondary N) is 1. The minimum atomic E-state index is -0.796. The van der Waals surface area contributed by atoms with E-state index in [9.17, 15) is 19.8 Å². The Balaban J connectivity index is 4.57. The lowest BCUT2D eigenvalue weighted by atomic mass is 10.0.